The van der Waals surface area contributed by atoms with Gasteiger partial charge in [-0.05, 0) is 18.1 Å². The van der Waals surface area contributed by atoms with Crippen LogP contribution in [-0.2, 0) is 9.59 Å². The molecule has 132 valence electrons. The van der Waals surface area contributed by atoms with Crippen molar-refractivity contribution in [2.75, 3.05) is 6.54 Å². The van der Waals surface area contributed by atoms with Gasteiger partial charge in [0.2, 0.25) is 11.3 Å². The maximum Gasteiger partial charge on any atom is 0.326 e. The van der Waals surface area contributed by atoms with Crippen LogP contribution in [0.4, 0.5) is 0 Å². The number of carboxylic acids is 1. The Bertz CT molecular complexity index is 872. The number of hydrogen-bond donors (Lipinski definition) is 4. The van der Waals surface area contributed by atoms with Gasteiger partial charge in [-0.2, -0.15) is 0 Å². The van der Waals surface area contributed by atoms with Crippen LogP contribution in [0.5, 0.6) is 0 Å². The fourth-order valence-corrected chi connectivity index (χ4v) is 2.33. The largest absolute Gasteiger partial charge is 0.480 e. The van der Waals surface area contributed by atoms with E-state index in [4.69, 9.17) is 5.11 Å². The molecule has 1 aromatic carbocycles. The van der Waals surface area contributed by atoms with Gasteiger partial charge in [0.15, 0.2) is 0 Å². The van der Waals surface area contributed by atoms with Gasteiger partial charge in [0.1, 0.15) is 11.6 Å². The Morgan fingerprint density at radius 2 is 1.88 bits per heavy atom. The summed E-state index contributed by atoms with van der Waals surface area (Å²) in [5, 5.41) is 14.1. The molecule has 8 nitrogen and oxygen atoms in total. The zero-order chi connectivity index (χ0) is 18.6. The molecule has 2 amide bonds. The molecule has 0 unspecified atom stereocenters. The second-order valence-electron chi connectivity index (χ2n) is 5.89. The second-order valence-corrected chi connectivity index (χ2v) is 5.89. The van der Waals surface area contributed by atoms with Crippen LogP contribution in [0.1, 0.15) is 24.2 Å². The number of H-pyrrole nitrogens is 1. The lowest BCUT2D eigenvalue weighted by atomic mass is 10.1. The highest BCUT2D eigenvalue weighted by molar-refractivity contribution is 5.99. The molecule has 1 heterocycles. The standard InChI is InChI=1S/C17H19N3O5/c1-9(2)14(17(24)25)20-13(21)8-19-16(23)11-7-18-12-6-4-3-5-10(12)15(11)22/h3-7,9,14H,8H2,1-2H3,(H,18,22)(H,19,23)(H,20,21)(H,24,25)/t14-/m0/s1. The Morgan fingerprint density at radius 1 is 1.20 bits per heavy atom. The van der Waals surface area contributed by atoms with Gasteiger partial charge in [-0.3, -0.25) is 14.4 Å². The fourth-order valence-electron chi connectivity index (χ4n) is 2.33. The summed E-state index contributed by atoms with van der Waals surface area (Å²) in [6.07, 6.45) is 1.28. The van der Waals surface area contributed by atoms with E-state index in [0.717, 1.165) is 0 Å². The third-order valence-electron chi connectivity index (χ3n) is 3.69. The second kappa shape index (κ2) is 7.61. The number of hydrogen-bond acceptors (Lipinski definition) is 4. The molecule has 8 heteroatoms. The van der Waals surface area contributed by atoms with Crippen molar-refractivity contribution in [3.8, 4) is 0 Å². The quantitative estimate of drug-likeness (QED) is 0.605. The maximum absolute atomic E-state index is 12.3. The van der Waals surface area contributed by atoms with E-state index in [-0.39, 0.29) is 11.5 Å². The Morgan fingerprint density at radius 3 is 2.52 bits per heavy atom. The minimum absolute atomic E-state index is 0.120. The topological polar surface area (TPSA) is 128 Å². The molecule has 0 fully saturated rings. The number of carboxylic acid groups (broad SMARTS) is 1. The summed E-state index contributed by atoms with van der Waals surface area (Å²) in [7, 11) is 0. The molecule has 1 aromatic heterocycles. The van der Waals surface area contributed by atoms with Gasteiger partial charge in [-0.1, -0.05) is 26.0 Å². The first-order valence-electron chi connectivity index (χ1n) is 7.72. The lowest BCUT2D eigenvalue weighted by Gasteiger charge is -2.17. The number of aromatic nitrogens is 1. The predicted molar refractivity (Wildman–Crippen MR) is 91.3 cm³/mol. The van der Waals surface area contributed by atoms with Crippen LogP contribution < -0.4 is 16.1 Å². The monoisotopic (exact) mass is 345 g/mol. The molecule has 0 aliphatic rings. The van der Waals surface area contributed by atoms with Gasteiger partial charge >= 0.3 is 5.97 Å². The van der Waals surface area contributed by atoms with E-state index >= 15 is 0 Å². The number of aromatic amines is 1. The third-order valence-corrected chi connectivity index (χ3v) is 3.69. The van der Waals surface area contributed by atoms with E-state index in [0.29, 0.717) is 10.9 Å². The Labute approximate surface area is 143 Å². The molecule has 0 saturated heterocycles. The Balaban J connectivity index is 2.05. The molecule has 0 saturated carbocycles. The molecule has 2 rings (SSSR count). The van der Waals surface area contributed by atoms with Crippen LogP contribution in [-0.4, -0.2) is 40.5 Å². The molecule has 0 aliphatic carbocycles. The van der Waals surface area contributed by atoms with Gasteiger partial charge in [-0.15, -0.1) is 0 Å². The highest BCUT2D eigenvalue weighted by atomic mass is 16.4. The summed E-state index contributed by atoms with van der Waals surface area (Å²) >= 11 is 0. The van der Waals surface area contributed by atoms with Crippen LogP contribution in [0.25, 0.3) is 10.9 Å². The molecule has 4 N–H and O–H groups in total. The zero-order valence-electron chi connectivity index (χ0n) is 13.8. The van der Waals surface area contributed by atoms with E-state index in [2.05, 4.69) is 15.6 Å². The summed E-state index contributed by atoms with van der Waals surface area (Å²) in [6.45, 7) is 2.89. The number of rotatable bonds is 6. The molecular formula is C17H19N3O5. The van der Waals surface area contributed by atoms with Crippen molar-refractivity contribution < 1.29 is 19.5 Å². The molecule has 0 aliphatic heterocycles. The number of pyridine rings is 1. The van der Waals surface area contributed by atoms with Gasteiger partial charge in [0, 0.05) is 17.1 Å². The molecular weight excluding hydrogens is 326 g/mol. The molecule has 25 heavy (non-hydrogen) atoms. The predicted octanol–water partition coefficient (Wildman–Crippen LogP) is 0.483. The normalized spacial score (nSPS) is 12.0. The summed E-state index contributed by atoms with van der Waals surface area (Å²) in [6, 6.07) is 5.70. The van der Waals surface area contributed by atoms with Crippen molar-refractivity contribution in [2.45, 2.75) is 19.9 Å². The number of amides is 2. The number of benzene rings is 1. The Hall–Kier alpha value is -3.16. The first-order valence-corrected chi connectivity index (χ1v) is 7.72. The van der Waals surface area contributed by atoms with Crippen molar-refractivity contribution >= 4 is 28.7 Å². The molecule has 0 bridgehead atoms. The number of nitrogens with one attached hydrogen (secondary N) is 3. The first-order chi connectivity index (χ1) is 11.8. The summed E-state index contributed by atoms with van der Waals surface area (Å²) in [5.74, 6) is -2.81. The zero-order valence-corrected chi connectivity index (χ0v) is 13.8. The van der Waals surface area contributed by atoms with Crippen molar-refractivity contribution in [3.63, 3.8) is 0 Å². The Kier molecular flexibility index (Phi) is 5.53. The van der Waals surface area contributed by atoms with Crippen molar-refractivity contribution in [3.05, 3.63) is 46.2 Å². The first kappa shape index (κ1) is 18.2. The number of para-hydroxylation sites is 1. The maximum atomic E-state index is 12.3. The van der Waals surface area contributed by atoms with Crippen LogP contribution in [0, 0.1) is 5.92 Å². The minimum Gasteiger partial charge on any atom is -0.480 e. The van der Waals surface area contributed by atoms with E-state index in [1.165, 1.54) is 6.20 Å². The number of carbonyl (C=O) groups is 3. The summed E-state index contributed by atoms with van der Waals surface area (Å²) < 4.78 is 0. The van der Waals surface area contributed by atoms with Crippen molar-refractivity contribution in [2.24, 2.45) is 5.92 Å². The van der Waals surface area contributed by atoms with E-state index in [1.54, 1.807) is 38.1 Å². The lowest BCUT2D eigenvalue weighted by molar-refractivity contribution is -0.142. The van der Waals surface area contributed by atoms with Crippen LogP contribution in [0.2, 0.25) is 0 Å². The SMILES string of the molecule is CC(C)[C@H](NC(=O)CNC(=O)c1c[nH]c2ccccc2c1=O)C(=O)O. The molecule has 1 atom stereocenters. The lowest BCUT2D eigenvalue weighted by Crippen LogP contribution is -2.48. The van der Waals surface area contributed by atoms with Gasteiger partial charge < -0.3 is 20.7 Å². The highest BCUT2D eigenvalue weighted by Crippen LogP contribution is 2.07. The summed E-state index contributed by atoms with van der Waals surface area (Å²) in [4.78, 5) is 50.2. The number of carbonyl (C=O) groups excluding carboxylic acids is 2. The highest BCUT2D eigenvalue weighted by Gasteiger charge is 2.23. The molecule has 0 radical (unpaired) electrons. The average Bonchev–Trinajstić information content (AvgIpc) is 2.57. The van der Waals surface area contributed by atoms with Crippen LogP contribution in [0.3, 0.4) is 0 Å². The van der Waals surface area contributed by atoms with Gasteiger partial charge in [-0.25, -0.2) is 4.79 Å². The van der Waals surface area contributed by atoms with Crippen LogP contribution in [0.15, 0.2) is 35.3 Å². The van der Waals surface area contributed by atoms with Gasteiger partial charge in [0.05, 0.1) is 6.54 Å². The van der Waals surface area contributed by atoms with Crippen molar-refractivity contribution in [1.82, 2.24) is 15.6 Å². The third kappa shape index (κ3) is 4.23. The fraction of sp³-hybridized carbons (Fsp3) is 0.294. The summed E-state index contributed by atoms with van der Waals surface area (Å²) in [5.41, 5.74) is 0.0334. The van der Waals surface area contributed by atoms with E-state index in [1.807, 2.05) is 0 Å². The molecule has 2 aromatic rings. The minimum atomic E-state index is -1.15. The molecule has 0 spiro atoms. The average molecular weight is 345 g/mol. The van der Waals surface area contributed by atoms with Gasteiger partial charge in [0.25, 0.3) is 5.91 Å². The van der Waals surface area contributed by atoms with Crippen LogP contribution >= 0.6 is 0 Å². The number of fused-ring (bicyclic) bond motifs is 1. The smallest absolute Gasteiger partial charge is 0.326 e. The number of aliphatic carboxylic acids is 1. The van der Waals surface area contributed by atoms with Crippen molar-refractivity contribution in [1.29, 1.82) is 0 Å². The van der Waals surface area contributed by atoms with E-state index in [9.17, 15) is 19.2 Å². The van der Waals surface area contributed by atoms with E-state index < -0.39 is 35.8 Å².